The summed E-state index contributed by atoms with van der Waals surface area (Å²) in [6.07, 6.45) is 8.95. The minimum Gasteiger partial charge on any atom is -0.457 e. The number of allylic oxidation sites excluding steroid dienone is 4. The van der Waals surface area contributed by atoms with Gasteiger partial charge >= 0.3 is 0 Å². The molecular weight excluding hydrogens is 695 g/mol. The van der Waals surface area contributed by atoms with Crippen molar-refractivity contribution in [2.24, 2.45) is 4.99 Å². The second-order valence-corrected chi connectivity index (χ2v) is 15.1. The van der Waals surface area contributed by atoms with Gasteiger partial charge in [0.25, 0.3) is 0 Å². The van der Waals surface area contributed by atoms with Crippen LogP contribution >= 0.6 is 0 Å². The number of fused-ring (bicyclic) bond motifs is 2. The van der Waals surface area contributed by atoms with E-state index in [4.69, 9.17) is 9.73 Å². The Labute approximate surface area is 335 Å². The lowest BCUT2D eigenvalue weighted by Gasteiger charge is -2.43. The summed E-state index contributed by atoms with van der Waals surface area (Å²) in [5, 5.41) is 3.80. The van der Waals surface area contributed by atoms with Crippen LogP contribution in [0.1, 0.15) is 58.6 Å². The number of hydrogen-bond donors (Lipinski definition) is 1. The first-order valence-corrected chi connectivity index (χ1v) is 19.9. The number of hydrogen-bond acceptors (Lipinski definition) is 4. The third kappa shape index (κ3) is 6.10. The van der Waals surface area contributed by atoms with Crippen LogP contribution < -0.4 is 10.1 Å². The molecule has 0 amide bonds. The summed E-state index contributed by atoms with van der Waals surface area (Å²) < 4.78 is 6.63. The number of nitrogens with one attached hydrogen (secondary N) is 1. The van der Waals surface area contributed by atoms with E-state index >= 15 is 0 Å². The van der Waals surface area contributed by atoms with Crippen molar-refractivity contribution in [3.8, 4) is 33.8 Å². The summed E-state index contributed by atoms with van der Waals surface area (Å²) in [6, 6.07) is 65.1. The maximum atomic E-state index is 6.63. The highest BCUT2D eigenvalue weighted by atomic mass is 16.5. The Kier molecular flexibility index (Phi) is 8.97. The molecule has 1 aliphatic carbocycles. The first-order chi connectivity index (χ1) is 28.2. The molecule has 1 N–H and O–H groups in total. The lowest BCUT2D eigenvalue weighted by Crippen LogP contribution is -2.45. The standard InChI is InChI=1S/C53H43N3O/c1-56-51(37-19-5-2-6-20-37)54-50(55-52(56)38-21-7-3-8-22-38)42-26-18-24-40(36-42)39-23-17-25-41(35-39)44-29-11-12-30-45(44)53(43-27-9-4-10-28-43)46-31-13-15-33-48(46)57-49-34-16-14-32-47(49)53/h2-3,5-9,11-36,51-52H,4,10H2,1H3,(H,54,55). The monoisotopic (exact) mass is 737 g/mol. The van der Waals surface area contributed by atoms with Crippen molar-refractivity contribution >= 4 is 5.84 Å². The Balaban J connectivity index is 1.09. The highest BCUT2D eigenvalue weighted by molar-refractivity contribution is 6.00. The molecule has 276 valence electrons. The second kappa shape index (κ2) is 14.7. The molecule has 0 radical (unpaired) electrons. The zero-order valence-electron chi connectivity index (χ0n) is 31.9. The van der Waals surface area contributed by atoms with Crippen LogP contribution in [0, 0.1) is 0 Å². The molecule has 2 unspecified atom stereocenters. The molecule has 7 aromatic carbocycles. The highest BCUT2D eigenvalue weighted by Gasteiger charge is 2.47. The molecule has 0 saturated heterocycles. The molecule has 2 aliphatic heterocycles. The smallest absolute Gasteiger partial charge is 0.132 e. The van der Waals surface area contributed by atoms with Crippen LogP contribution in [-0.2, 0) is 5.41 Å². The fourth-order valence-corrected chi connectivity index (χ4v) is 9.09. The molecule has 57 heavy (non-hydrogen) atoms. The minimum absolute atomic E-state index is 0.0470. The van der Waals surface area contributed by atoms with Gasteiger partial charge in [-0.05, 0) is 88.7 Å². The third-order valence-corrected chi connectivity index (χ3v) is 11.7. The van der Waals surface area contributed by atoms with Gasteiger partial charge in [-0.3, -0.25) is 4.90 Å². The van der Waals surface area contributed by atoms with Gasteiger partial charge in [-0.2, -0.15) is 0 Å². The van der Waals surface area contributed by atoms with E-state index in [1.54, 1.807) is 0 Å². The zero-order valence-corrected chi connectivity index (χ0v) is 31.9. The summed E-state index contributed by atoms with van der Waals surface area (Å²) in [5.74, 6) is 2.67. The van der Waals surface area contributed by atoms with Gasteiger partial charge in [0.1, 0.15) is 29.7 Å². The molecule has 3 aliphatic rings. The summed E-state index contributed by atoms with van der Waals surface area (Å²) in [5.41, 5.74) is 12.3. The average molecular weight is 738 g/mol. The van der Waals surface area contributed by atoms with E-state index in [0.717, 1.165) is 69.1 Å². The van der Waals surface area contributed by atoms with Crippen molar-refractivity contribution in [1.29, 1.82) is 0 Å². The molecule has 7 aromatic rings. The molecule has 4 heteroatoms. The molecule has 0 saturated carbocycles. The topological polar surface area (TPSA) is 36.9 Å². The Morgan fingerprint density at radius 3 is 1.79 bits per heavy atom. The van der Waals surface area contributed by atoms with Crippen molar-refractivity contribution in [3.63, 3.8) is 0 Å². The second-order valence-electron chi connectivity index (χ2n) is 15.1. The number of aliphatic imine (C=N–C) groups is 1. The van der Waals surface area contributed by atoms with Gasteiger partial charge in [-0.1, -0.05) is 176 Å². The number of nitrogens with zero attached hydrogens (tertiary/aromatic N) is 2. The Bertz CT molecular complexity index is 2630. The van der Waals surface area contributed by atoms with Crippen molar-refractivity contribution in [2.75, 3.05) is 7.05 Å². The van der Waals surface area contributed by atoms with Gasteiger partial charge in [0.15, 0.2) is 0 Å². The number of rotatable bonds is 7. The predicted octanol–water partition coefficient (Wildman–Crippen LogP) is 12.4. The van der Waals surface area contributed by atoms with Gasteiger partial charge in [0.2, 0.25) is 0 Å². The average Bonchev–Trinajstić information content (AvgIpc) is 3.29. The fourth-order valence-electron chi connectivity index (χ4n) is 9.09. The predicted molar refractivity (Wildman–Crippen MR) is 232 cm³/mol. The lowest BCUT2D eigenvalue weighted by atomic mass is 9.61. The van der Waals surface area contributed by atoms with Crippen LogP contribution in [0.3, 0.4) is 0 Å². The molecule has 0 aromatic heterocycles. The molecule has 2 heterocycles. The first-order valence-electron chi connectivity index (χ1n) is 19.9. The van der Waals surface area contributed by atoms with Gasteiger partial charge < -0.3 is 10.1 Å². The van der Waals surface area contributed by atoms with E-state index in [-0.39, 0.29) is 12.3 Å². The van der Waals surface area contributed by atoms with Crippen molar-refractivity contribution in [2.45, 2.75) is 30.6 Å². The SMILES string of the molecule is CN1C(c2ccccc2)N=C(c2cccc(-c3cccc(-c4ccccc4C4(C5=CCCC=C5)c5ccccc5Oc5ccccc54)c3)c2)NC1c1ccccc1. The van der Waals surface area contributed by atoms with Gasteiger partial charge in [0, 0.05) is 16.7 Å². The molecular formula is C53H43N3O. The van der Waals surface area contributed by atoms with Gasteiger partial charge in [-0.25, -0.2) is 4.99 Å². The Morgan fingerprint density at radius 2 is 1.12 bits per heavy atom. The summed E-state index contributed by atoms with van der Waals surface area (Å²) in [4.78, 5) is 7.65. The third-order valence-electron chi connectivity index (χ3n) is 11.7. The van der Waals surface area contributed by atoms with Crippen LogP contribution in [0.4, 0.5) is 0 Å². The molecule has 2 atom stereocenters. The normalized spacial score (nSPS) is 18.3. The zero-order chi connectivity index (χ0) is 38.2. The van der Waals surface area contributed by atoms with Gasteiger partial charge in [0.05, 0.1) is 5.41 Å². The number of benzene rings is 7. The van der Waals surface area contributed by atoms with E-state index in [2.05, 4.69) is 217 Å². The Hall–Kier alpha value is -6.75. The van der Waals surface area contributed by atoms with Gasteiger partial charge in [-0.15, -0.1) is 0 Å². The number of ether oxygens (including phenoxy) is 1. The lowest BCUT2D eigenvalue weighted by molar-refractivity contribution is 0.152. The minimum atomic E-state index is -0.572. The number of amidine groups is 1. The van der Waals surface area contributed by atoms with Crippen LogP contribution in [0.15, 0.2) is 211 Å². The van der Waals surface area contributed by atoms with Crippen molar-refractivity contribution in [1.82, 2.24) is 10.2 Å². The van der Waals surface area contributed by atoms with E-state index in [1.165, 1.54) is 22.3 Å². The summed E-state index contributed by atoms with van der Waals surface area (Å²) >= 11 is 0. The molecule has 0 fully saturated rings. The largest absolute Gasteiger partial charge is 0.457 e. The van der Waals surface area contributed by atoms with E-state index in [9.17, 15) is 0 Å². The van der Waals surface area contributed by atoms with Crippen molar-refractivity contribution in [3.05, 3.63) is 239 Å². The molecule has 4 nitrogen and oxygen atoms in total. The first kappa shape index (κ1) is 34.7. The quantitative estimate of drug-likeness (QED) is 0.177. The van der Waals surface area contributed by atoms with E-state index < -0.39 is 5.41 Å². The maximum Gasteiger partial charge on any atom is 0.132 e. The van der Waals surface area contributed by atoms with Crippen LogP contribution in [-0.4, -0.2) is 17.8 Å². The molecule has 10 rings (SSSR count). The molecule has 0 spiro atoms. The maximum absolute atomic E-state index is 6.63. The summed E-state index contributed by atoms with van der Waals surface area (Å²) in [7, 11) is 2.14. The molecule has 0 bridgehead atoms. The van der Waals surface area contributed by atoms with Crippen LogP contribution in [0.25, 0.3) is 22.3 Å². The Morgan fingerprint density at radius 1 is 0.561 bits per heavy atom. The van der Waals surface area contributed by atoms with Crippen LogP contribution in [0.2, 0.25) is 0 Å². The summed E-state index contributed by atoms with van der Waals surface area (Å²) in [6.45, 7) is 0. The fraction of sp³-hybridized carbons (Fsp3) is 0.113. The number of para-hydroxylation sites is 2. The highest BCUT2D eigenvalue weighted by Crippen LogP contribution is 2.57. The van der Waals surface area contributed by atoms with E-state index in [1.807, 2.05) is 0 Å². The van der Waals surface area contributed by atoms with Crippen molar-refractivity contribution < 1.29 is 4.74 Å². The van der Waals surface area contributed by atoms with Crippen LogP contribution in [0.5, 0.6) is 11.5 Å². The van der Waals surface area contributed by atoms with E-state index in [0.29, 0.717) is 0 Å².